The van der Waals surface area contributed by atoms with Gasteiger partial charge >= 0.3 is 0 Å². The number of hydrogen-bond donors (Lipinski definition) is 2. The van der Waals surface area contributed by atoms with Gasteiger partial charge in [-0.15, -0.1) is 0 Å². The zero-order chi connectivity index (χ0) is 13.9. The molecule has 4 heteroatoms. The molecule has 2 aromatic carbocycles. The summed E-state index contributed by atoms with van der Waals surface area (Å²) in [5, 5.41) is 0. The molecule has 3 N–H and O–H groups in total. The van der Waals surface area contributed by atoms with Crippen molar-refractivity contribution in [3.8, 4) is 16.9 Å². The summed E-state index contributed by atoms with van der Waals surface area (Å²) < 4.78 is 5.18. The Morgan fingerprint density at radius 1 is 1.10 bits per heavy atom. The number of ether oxygens (including phenoxy) is 1. The van der Waals surface area contributed by atoms with Crippen LogP contribution in [0.1, 0.15) is 5.82 Å². The molecule has 0 amide bonds. The second-order valence-corrected chi connectivity index (χ2v) is 4.68. The maximum atomic E-state index is 5.56. The van der Waals surface area contributed by atoms with Gasteiger partial charge in [0.2, 0.25) is 0 Å². The Morgan fingerprint density at radius 2 is 1.85 bits per heavy atom. The molecule has 1 aromatic heterocycles. The van der Waals surface area contributed by atoms with Gasteiger partial charge in [0.1, 0.15) is 11.6 Å². The summed E-state index contributed by atoms with van der Waals surface area (Å²) in [5.41, 5.74) is 9.89. The van der Waals surface area contributed by atoms with Crippen molar-refractivity contribution >= 4 is 11.0 Å². The number of nitrogens with one attached hydrogen (secondary N) is 1. The molecule has 0 aliphatic rings. The Bertz CT molecular complexity index is 716. The second-order valence-electron chi connectivity index (χ2n) is 4.68. The smallest absolute Gasteiger partial charge is 0.118 e. The SMILES string of the molecule is COc1ccc(-c2ccc3nc(CCN)[nH]c3c2)cc1. The quantitative estimate of drug-likeness (QED) is 0.764. The minimum Gasteiger partial charge on any atom is -0.497 e. The molecule has 0 fully saturated rings. The number of methoxy groups -OCH3 is 1. The predicted octanol–water partition coefficient (Wildman–Crippen LogP) is 2.74. The van der Waals surface area contributed by atoms with Gasteiger partial charge in [-0.2, -0.15) is 0 Å². The molecule has 0 spiro atoms. The highest BCUT2D eigenvalue weighted by atomic mass is 16.5. The average molecular weight is 267 g/mol. The summed E-state index contributed by atoms with van der Waals surface area (Å²) in [7, 11) is 1.67. The third kappa shape index (κ3) is 2.38. The number of aromatic nitrogens is 2. The molecule has 0 radical (unpaired) electrons. The molecule has 3 rings (SSSR count). The van der Waals surface area contributed by atoms with Gasteiger partial charge in [-0.1, -0.05) is 18.2 Å². The lowest BCUT2D eigenvalue weighted by Gasteiger charge is -2.03. The van der Waals surface area contributed by atoms with E-state index in [2.05, 4.69) is 34.2 Å². The number of fused-ring (bicyclic) bond motifs is 1. The van der Waals surface area contributed by atoms with Crippen molar-refractivity contribution in [2.45, 2.75) is 6.42 Å². The number of imidazole rings is 1. The van der Waals surface area contributed by atoms with Crippen LogP contribution in [0.3, 0.4) is 0 Å². The highest BCUT2D eigenvalue weighted by Gasteiger charge is 2.04. The topological polar surface area (TPSA) is 63.9 Å². The van der Waals surface area contributed by atoms with Crippen LogP contribution in [0.15, 0.2) is 42.5 Å². The Balaban J connectivity index is 1.98. The summed E-state index contributed by atoms with van der Waals surface area (Å²) in [5.74, 6) is 1.80. The zero-order valence-corrected chi connectivity index (χ0v) is 11.4. The van der Waals surface area contributed by atoms with Gasteiger partial charge in [0.05, 0.1) is 18.1 Å². The number of nitrogens with zero attached hydrogens (tertiary/aromatic N) is 1. The Kier molecular flexibility index (Phi) is 3.39. The minimum atomic E-state index is 0.602. The average Bonchev–Trinajstić information content (AvgIpc) is 2.89. The summed E-state index contributed by atoms with van der Waals surface area (Å²) in [6, 6.07) is 14.3. The van der Waals surface area contributed by atoms with Gasteiger partial charge in [0, 0.05) is 6.42 Å². The van der Waals surface area contributed by atoms with Gasteiger partial charge in [0.25, 0.3) is 0 Å². The van der Waals surface area contributed by atoms with E-state index in [1.807, 2.05) is 18.2 Å². The van der Waals surface area contributed by atoms with Crippen molar-refractivity contribution in [3.63, 3.8) is 0 Å². The van der Waals surface area contributed by atoms with Crippen molar-refractivity contribution in [2.75, 3.05) is 13.7 Å². The van der Waals surface area contributed by atoms with E-state index in [4.69, 9.17) is 10.5 Å². The molecular formula is C16H17N3O. The summed E-state index contributed by atoms with van der Waals surface area (Å²) in [6.07, 6.45) is 0.770. The zero-order valence-electron chi connectivity index (χ0n) is 11.4. The van der Waals surface area contributed by atoms with Crippen LogP contribution in [0.25, 0.3) is 22.2 Å². The number of H-pyrrole nitrogens is 1. The van der Waals surface area contributed by atoms with E-state index in [9.17, 15) is 0 Å². The molecule has 0 saturated carbocycles. The Morgan fingerprint density at radius 3 is 2.55 bits per heavy atom. The molecule has 102 valence electrons. The van der Waals surface area contributed by atoms with E-state index in [1.165, 1.54) is 0 Å². The van der Waals surface area contributed by atoms with Gasteiger partial charge in [-0.25, -0.2) is 4.98 Å². The molecule has 0 unspecified atom stereocenters. The van der Waals surface area contributed by atoms with Crippen molar-refractivity contribution < 1.29 is 4.74 Å². The number of rotatable bonds is 4. The number of benzene rings is 2. The first-order valence-corrected chi connectivity index (χ1v) is 6.63. The molecule has 0 aliphatic heterocycles. The van der Waals surface area contributed by atoms with Crippen LogP contribution in [0.4, 0.5) is 0 Å². The molecule has 0 atom stereocenters. The number of nitrogens with two attached hydrogens (primary N) is 1. The lowest BCUT2D eigenvalue weighted by Crippen LogP contribution is -2.03. The fourth-order valence-electron chi connectivity index (χ4n) is 2.28. The van der Waals surface area contributed by atoms with Crippen LogP contribution in [-0.4, -0.2) is 23.6 Å². The van der Waals surface area contributed by atoms with Crippen LogP contribution in [0.2, 0.25) is 0 Å². The largest absolute Gasteiger partial charge is 0.497 e. The molecule has 3 aromatic rings. The third-order valence-electron chi connectivity index (χ3n) is 3.34. The van der Waals surface area contributed by atoms with Crippen LogP contribution in [-0.2, 0) is 6.42 Å². The van der Waals surface area contributed by atoms with Gasteiger partial charge in [-0.05, 0) is 41.9 Å². The number of aromatic amines is 1. The van der Waals surface area contributed by atoms with E-state index in [0.717, 1.165) is 40.2 Å². The lowest BCUT2D eigenvalue weighted by molar-refractivity contribution is 0.415. The highest BCUT2D eigenvalue weighted by Crippen LogP contribution is 2.25. The van der Waals surface area contributed by atoms with E-state index in [0.29, 0.717) is 6.54 Å². The summed E-state index contributed by atoms with van der Waals surface area (Å²) in [6.45, 7) is 0.602. The summed E-state index contributed by atoms with van der Waals surface area (Å²) in [4.78, 5) is 7.82. The van der Waals surface area contributed by atoms with E-state index in [-0.39, 0.29) is 0 Å². The Labute approximate surface area is 117 Å². The van der Waals surface area contributed by atoms with E-state index >= 15 is 0 Å². The molecular weight excluding hydrogens is 250 g/mol. The Hall–Kier alpha value is -2.33. The van der Waals surface area contributed by atoms with E-state index in [1.54, 1.807) is 7.11 Å². The monoisotopic (exact) mass is 267 g/mol. The van der Waals surface area contributed by atoms with Crippen LogP contribution in [0.5, 0.6) is 5.75 Å². The first-order valence-electron chi connectivity index (χ1n) is 6.63. The fourth-order valence-corrected chi connectivity index (χ4v) is 2.28. The predicted molar refractivity (Wildman–Crippen MR) is 80.8 cm³/mol. The van der Waals surface area contributed by atoms with Gasteiger partial charge in [-0.3, -0.25) is 0 Å². The second kappa shape index (κ2) is 5.35. The van der Waals surface area contributed by atoms with Crippen LogP contribution >= 0.6 is 0 Å². The minimum absolute atomic E-state index is 0.602. The maximum absolute atomic E-state index is 5.56. The first-order chi connectivity index (χ1) is 9.80. The van der Waals surface area contributed by atoms with Crippen LogP contribution in [0, 0.1) is 0 Å². The fraction of sp³-hybridized carbons (Fsp3) is 0.188. The van der Waals surface area contributed by atoms with Crippen molar-refractivity contribution in [1.82, 2.24) is 9.97 Å². The van der Waals surface area contributed by atoms with Crippen molar-refractivity contribution in [3.05, 3.63) is 48.3 Å². The molecule has 0 aliphatic carbocycles. The van der Waals surface area contributed by atoms with E-state index < -0.39 is 0 Å². The van der Waals surface area contributed by atoms with Crippen molar-refractivity contribution in [2.24, 2.45) is 5.73 Å². The van der Waals surface area contributed by atoms with Crippen LogP contribution < -0.4 is 10.5 Å². The summed E-state index contributed by atoms with van der Waals surface area (Å²) >= 11 is 0. The maximum Gasteiger partial charge on any atom is 0.118 e. The first kappa shape index (κ1) is 12.7. The van der Waals surface area contributed by atoms with Crippen molar-refractivity contribution in [1.29, 1.82) is 0 Å². The molecule has 0 saturated heterocycles. The lowest BCUT2D eigenvalue weighted by atomic mass is 10.1. The standard InChI is InChI=1S/C16H17N3O/c1-20-13-5-2-11(3-6-13)12-4-7-14-15(10-12)19-16(18-14)8-9-17/h2-7,10H,8-9,17H2,1H3,(H,18,19). The van der Waals surface area contributed by atoms with Gasteiger partial charge in [0.15, 0.2) is 0 Å². The number of hydrogen-bond acceptors (Lipinski definition) is 3. The highest BCUT2D eigenvalue weighted by molar-refractivity contribution is 5.82. The molecule has 0 bridgehead atoms. The molecule has 20 heavy (non-hydrogen) atoms. The molecule has 4 nitrogen and oxygen atoms in total. The third-order valence-corrected chi connectivity index (χ3v) is 3.34. The normalized spacial score (nSPS) is 10.9. The van der Waals surface area contributed by atoms with Gasteiger partial charge < -0.3 is 15.5 Å². The molecule has 1 heterocycles.